The summed E-state index contributed by atoms with van der Waals surface area (Å²) in [6.07, 6.45) is 7.21. The topological polar surface area (TPSA) is 44.9 Å². The molecule has 1 amide bonds. The number of hydrogen-bond acceptors (Lipinski definition) is 1. The lowest BCUT2D eigenvalue weighted by atomic mass is 10.1. The molecule has 19 heavy (non-hydrogen) atoms. The summed E-state index contributed by atoms with van der Waals surface area (Å²) >= 11 is 0. The second-order valence-corrected chi connectivity index (χ2v) is 5.54. The third kappa shape index (κ3) is 2.50. The number of carbonyl (C=O) groups is 1. The maximum absolute atomic E-state index is 12.1. The second kappa shape index (κ2) is 5.08. The number of H-pyrrole nitrogens is 1. The van der Waals surface area contributed by atoms with Gasteiger partial charge in [-0.1, -0.05) is 31.0 Å². The molecule has 0 radical (unpaired) electrons. The number of aromatic nitrogens is 1. The SMILES string of the molecule is Cc1cccc2c(CC(=O)NC3CCCC3)c[nH]c12. The molecular weight excluding hydrogens is 236 g/mol. The van der Waals surface area contributed by atoms with E-state index < -0.39 is 0 Å². The van der Waals surface area contributed by atoms with E-state index in [1.54, 1.807) is 0 Å². The molecule has 1 aliphatic rings. The molecular formula is C16H20N2O. The highest BCUT2D eigenvalue weighted by Crippen LogP contribution is 2.22. The Bertz CT molecular complexity index is 594. The number of benzene rings is 1. The van der Waals surface area contributed by atoms with Crippen molar-refractivity contribution in [1.82, 2.24) is 10.3 Å². The summed E-state index contributed by atoms with van der Waals surface area (Å²) in [5.74, 6) is 0.148. The fourth-order valence-electron chi connectivity index (χ4n) is 3.03. The van der Waals surface area contributed by atoms with Crippen molar-refractivity contribution in [2.75, 3.05) is 0 Å². The van der Waals surface area contributed by atoms with Crippen LogP contribution in [0.4, 0.5) is 0 Å². The molecule has 1 heterocycles. The minimum Gasteiger partial charge on any atom is -0.361 e. The predicted molar refractivity (Wildman–Crippen MR) is 77.1 cm³/mol. The Labute approximate surface area is 113 Å². The minimum atomic E-state index is 0.148. The summed E-state index contributed by atoms with van der Waals surface area (Å²) in [5.41, 5.74) is 3.46. The fraction of sp³-hybridized carbons (Fsp3) is 0.438. The molecule has 1 aromatic carbocycles. The number of rotatable bonds is 3. The molecule has 3 nitrogen and oxygen atoms in total. The molecule has 0 unspecified atom stereocenters. The van der Waals surface area contributed by atoms with Crippen molar-refractivity contribution >= 4 is 16.8 Å². The second-order valence-electron chi connectivity index (χ2n) is 5.54. The molecule has 2 N–H and O–H groups in total. The molecule has 1 saturated carbocycles. The van der Waals surface area contributed by atoms with Crippen molar-refractivity contribution in [3.63, 3.8) is 0 Å². The number of fused-ring (bicyclic) bond motifs is 1. The summed E-state index contributed by atoms with van der Waals surface area (Å²) in [6, 6.07) is 6.61. The molecule has 0 spiro atoms. The molecule has 1 fully saturated rings. The Hall–Kier alpha value is -1.77. The van der Waals surface area contributed by atoms with Gasteiger partial charge in [-0.15, -0.1) is 0 Å². The van der Waals surface area contributed by atoms with Gasteiger partial charge in [0.1, 0.15) is 0 Å². The van der Waals surface area contributed by atoms with Crippen molar-refractivity contribution in [3.05, 3.63) is 35.5 Å². The third-order valence-corrected chi connectivity index (χ3v) is 4.08. The van der Waals surface area contributed by atoms with Crippen LogP contribution < -0.4 is 5.32 Å². The zero-order chi connectivity index (χ0) is 13.2. The van der Waals surface area contributed by atoms with Gasteiger partial charge in [-0.2, -0.15) is 0 Å². The number of nitrogens with one attached hydrogen (secondary N) is 2. The largest absolute Gasteiger partial charge is 0.361 e. The van der Waals surface area contributed by atoms with Gasteiger partial charge in [0.25, 0.3) is 0 Å². The summed E-state index contributed by atoms with van der Waals surface area (Å²) in [4.78, 5) is 15.3. The molecule has 0 bridgehead atoms. The van der Waals surface area contributed by atoms with E-state index in [2.05, 4.69) is 29.4 Å². The van der Waals surface area contributed by atoms with E-state index in [1.807, 2.05) is 12.3 Å². The van der Waals surface area contributed by atoms with Gasteiger partial charge < -0.3 is 10.3 Å². The first-order valence-corrected chi connectivity index (χ1v) is 7.09. The van der Waals surface area contributed by atoms with E-state index in [1.165, 1.54) is 23.8 Å². The van der Waals surface area contributed by atoms with E-state index in [9.17, 15) is 4.79 Å². The molecule has 0 saturated heterocycles. The summed E-state index contributed by atoms with van der Waals surface area (Å²) < 4.78 is 0. The average Bonchev–Trinajstić information content (AvgIpc) is 3.01. The van der Waals surface area contributed by atoms with Crippen LogP contribution in [0.3, 0.4) is 0 Å². The quantitative estimate of drug-likeness (QED) is 0.871. The molecule has 1 aliphatic carbocycles. The number of carbonyl (C=O) groups excluding carboxylic acids is 1. The lowest BCUT2D eigenvalue weighted by molar-refractivity contribution is -0.121. The molecule has 3 heteroatoms. The monoisotopic (exact) mass is 256 g/mol. The number of aryl methyl sites for hydroxylation is 1. The third-order valence-electron chi connectivity index (χ3n) is 4.08. The van der Waals surface area contributed by atoms with Crippen LogP contribution in [-0.4, -0.2) is 16.9 Å². The molecule has 2 aromatic rings. The maximum atomic E-state index is 12.1. The van der Waals surface area contributed by atoms with Crippen molar-refractivity contribution < 1.29 is 4.79 Å². The Balaban J connectivity index is 1.74. The highest BCUT2D eigenvalue weighted by molar-refractivity contribution is 5.90. The van der Waals surface area contributed by atoms with Crippen LogP contribution in [0, 0.1) is 6.92 Å². The van der Waals surface area contributed by atoms with Crippen molar-refractivity contribution in [2.45, 2.75) is 45.1 Å². The lowest BCUT2D eigenvalue weighted by Crippen LogP contribution is -2.33. The van der Waals surface area contributed by atoms with Gasteiger partial charge in [-0.05, 0) is 30.9 Å². The first-order chi connectivity index (χ1) is 9.24. The van der Waals surface area contributed by atoms with Crippen LogP contribution in [0.15, 0.2) is 24.4 Å². The van der Waals surface area contributed by atoms with Crippen LogP contribution in [0.2, 0.25) is 0 Å². The Morgan fingerprint density at radius 2 is 2.16 bits per heavy atom. The lowest BCUT2D eigenvalue weighted by Gasteiger charge is -2.11. The van der Waals surface area contributed by atoms with Gasteiger partial charge in [0.15, 0.2) is 0 Å². The van der Waals surface area contributed by atoms with Crippen LogP contribution in [0.25, 0.3) is 10.9 Å². The zero-order valence-electron chi connectivity index (χ0n) is 11.3. The van der Waals surface area contributed by atoms with Crippen LogP contribution in [0.1, 0.15) is 36.8 Å². The van der Waals surface area contributed by atoms with E-state index in [4.69, 9.17) is 0 Å². The summed E-state index contributed by atoms with van der Waals surface area (Å²) in [5, 5.41) is 4.31. The van der Waals surface area contributed by atoms with E-state index in [0.29, 0.717) is 12.5 Å². The van der Waals surface area contributed by atoms with Crippen LogP contribution in [0.5, 0.6) is 0 Å². The molecule has 0 atom stereocenters. The molecule has 3 rings (SSSR count). The van der Waals surface area contributed by atoms with Gasteiger partial charge in [0.05, 0.1) is 6.42 Å². The van der Waals surface area contributed by atoms with E-state index in [0.717, 1.165) is 23.9 Å². The van der Waals surface area contributed by atoms with Crippen LogP contribution >= 0.6 is 0 Å². The number of aromatic amines is 1. The minimum absolute atomic E-state index is 0.148. The first kappa shape index (κ1) is 12.3. The number of para-hydroxylation sites is 1. The van der Waals surface area contributed by atoms with E-state index in [-0.39, 0.29) is 5.91 Å². The van der Waals surface area contributed by atoms with Gasteiger partial charge >= 0.3 is 0 Å². The van der Waals surface area contributed by atoms with Crippen LogP contribution in [-0.2, 0) is 11.2 Å². The molecule has 1 aromatic heterocycles. The maximum Gasteiger partial charge on any atom is 0.224 e. The van der Waals surface area contributed by atoms with Gasteiger partial charge in [-0.25, -0.2) is 0 Å². The fourth-order valence-corrected chi connectivity index (χ4v) is 3.03. The highest BCUT2D eigenvalue weighted by Gasteiger charge is 2.18. The average molecular weight is 256 g/mol. The zero-order valence-corrected chi connectivity index (χ0v) is 11.3. The Morgan fingerprint density at radius 3 is 2.95 bits per heavy atom. The van der Waals surface area contributed by atoms with Crippen molar-refractivity contribution in [1.29, 1.82) is 0 Å². The van der Waals surface area contributed by atoms with Crippen molar-refractivity contribution in [3.8, 4) is 0 Å². The normalized spacial score (nSPS) is 16.1. The molecule has 0 aliphatic heterocycles. The van der Waals surface area contributed by atoms with Gasteiger partial charge in [0, 0.05) is 23.1 Å². The number of hydrogen-bond donors (Lipinski definition) is 2. The summed E-state index contributed by atoms with van der Waals surface area (Å²) in [6.45, 7) is 2.08. The number of amides is 1. The van der Waals surface area contributed by atoms with Gasteiger partial charge in [-0.3, -0.25) is 4.79 Å². The Morgan fingerprint density at radius 1 is 1.37 bits per heavy atom. The Kier molecular flexibility index (Phi) is 3.28. The smallest absolute Gasteiger partial charge is 0.224 e. The highest BCUT2D eigenvalue weighted by atomic mass is 16.1. The van der Waals surface area contributed by atoms with Gasteiger partial charge in [0.2, 0.25) is 5.91 Å². The van der Waals surface area contributed by atoms with E-state index >= 15 is 0 Å². The standard InChI is InChI=1S/C16H20N2O/c1-11-5-4-8-14-12(10-17-16(11)14)9-15(19)18-13-6-2-3-7-13/h4-5,8,10,13,17H,2-3,6-7,9H2,1H3,(H,18,19). The summed E-state index contributed by atoms with van der Waals surface area (Å²) in [7, 11) is 0. The molecule has 100 valence electrons. The predicted octanol–water partition coefficient (Wildman–Crippen LogP) is 3.08. The first-order valence-electron chi connectivity index (χ1n) is 7.09. The van der Waals surface area contributed by atoms with Crippen molar-refractivity contribution in [2.24, 2.45) is 0 Å².